The third-order valence-corrected chi connectivity index (χ3v) is 6.80. The molecule has 0 radical (unpaired) electrons. The molecule has 1 heterocycles. The van der Waals surface area contributed by atoms with Crippen molar-refractivity contribution >= 4 is 52.5 Å². The lowest BCUT2D eigenvalue weighted by Crippen LogP contribution is -2.41. The number of benzene rings is 4. The van der Waals surface area contributed by atoms with Gasteiger partial charge in [0.25, 0.3) is 46.8 Å². The molecule has 0 unspecified atom stereocenters. The standard InChI is InChI=1S/C30H19N7O10/c38-25(31-32-26(39)17-3-10-21(11-4-17)36(44)45)16-1-8-20(9-2-16)35-29(42)23-14-7-19(15-24(23)30(35)43)28(41)34-33-27(40)18-5-12-22(13-6-18)37(46)47/h1-15H,(H,31,38)(H,32,39)(H,33,40)(H,34,41). The molecular formula is C30H19N7O10. The molecule has 4 aromatic carbocycles. The lowest BCUT2D eigenvalue weighted by atomic mass is 10.1. The van der Waals surface area contributed by atoms with E-state index in [0.29, 0.717) is 0 Å². The lowest BCUT2D eigenvalue weighted by molar-refractivity contribution is -0.385. The molecule has 234 valence electrons. The summed E-state index contributed by atoms with van der Waals surface area (Å²) in [5, 5.41) is 21.5. The van der Waals surface area contributed by atoms with Crippen molar-refractivity contribution in [3.63, 3.8) is 0 Å². The van der Waals surface area contributed by atoms with E-state index >= 15 is 0 Å². The Morgan fingerprint density at radius 1 is 0.489 bits per heavy atom. The van der Waals surface area contributed by atoms with Crippen LogP contribution in [-0.4, -0.2) is 45.3 Å². The molecule has 0 fully saturated rings. The minimum Gasteiger partial charge on any atom is -0.268 e. The second-order valence-corrected chi connectivity index (χ2v) is 9.68. The van der Waals surface area contributed by atoms with E-state index < -0.39 is 45.3 Å². The van der Waals surface area contributed by atoms with Gasteiger partial charge in [0.2, 0.25) is 0 Å². The summed E-state index contributed by atoms with van der Waals surface area (Å²) in [6, 6.07) is 18.4. The maximum Gasteiger partial charge on any atom is 0.269 e. The van der Waals surface area contributed by atoms with Gasteiger partial charge < -0.3 is 0 Å². The zero-order valence-corrected chi connectivity index (χ0v) is 23.6. The Labute approximate surface area is 262 Å². The molecule has 0 atom stereocenters. The molecule has 0 aromatic heterocycles. The van der Waals surface area contributed by atoms with Crippen molar-refractivity contribution in [3.8, 4) is 0 Å². The van der Waals surface area contributed by atoms with Crippen molar-refractivity contribution in [3.05, 3.63) is 145 Å². The van der Waals surface area contributed by atoms with Crippen molar-refractivity contribution < 1.29 is 38.6 Å². The molecule has 0 saturated heterocycles. The number of nitrogens with zero attached hydrogens (tertiary/aromatic N) is 3. The van der Waals surface area contributed by atoms with Crippen molar-refractivity contribution in [2.45, 2.75) is 0 Å². The van der Waals surface area contributed by atoms with E-state index in [1.165, 1.54) is 66.7 Å². The lowest BCUT2D eigenvalue weighted by Gasteiger charge is -2.14. The van der Waals surface area contributed by atoms with Crippen LogP contribution in [0.3, 0.4) is 0 Å². The molecule has 0 aliphatic carbocycles. The van der Waals surface area contributed by atoms with E-state index in [9.17, 15) is 49.0 Å². The predicted molar refractivity (Wildman–Crippen MR) is 160 cm³/mol. The van der Waals surface area contributed by atoms with Gasteiger partial charge in [-0.2, -0.15) is 0 Å². The first-order valence-corrected chi connectivity index (χ1v) is 13.3. The number of carbonyl (C=O) groups excluding carboxylic acids is 6. The fourth-order valence-electron chi connectivity index (χ4n) is 4.36. The first-order valence-electron chi connectivity index (χ1n) is 13.3. The van der Waals surface area contributed by atoms with Crippen molar-refractivity contribution in [1.82, 2.24) is 21.7 Å². The third kappa shape index (κ3) is 6.48. The maximum absolute atomic E-state index is 13.2. The Balaban J connectivity index is 1.20. The van der Waals surface area contributed by atoms with Gasteiger partial charge in [-0.15, -0.1) is 0 Å². The van der Waals surface area contributed by atoms with Crippen LogP contribution in [0.2, 0.25) is 0 Å². The normalized spacial score (nSPS) is 11.7. The predicted octanol–water partition coefficient (Wildman–Crippen LogP) is 2.45. The number of non-ortho nitro benzene ring substituents is 2. The number of nitro benzene ring substituents is 2. The fourth-order valence-corrected chi connectivity index (χ4v) is 4.36. The fraction of sp³-hybridized carbons (Fsp3) is 0. The van der Waals surface area contributed by atoms with Gasteiger partial charge in [0.05, 0.1) is 26.7 Å². The number of imide groups is 1. The van der Waals surface area contributed by atoms with Crippen LogP contribution in [0.25, 0.3) is 0 Å². The molecule has 5 rings (SSSR count). The highest BCUT2D eigenvalue weighted by Gasteiger charge is 2.37. The van der Waals surface area contributed by atoms with Crippen LogP contribution in [0.5, 0.6) is 0 Å². The van der Waals surface area contributed by atoms with E-state index in [0.717, 1.165) is 29.2 Å². The monoisotopic (exact) mass is 637 g/mol. The number of nitro groups is 2. The number of amides is 6. The van der Waals surface area contributed by atoms with Gasteiger partial charge >= 0.3 is 0 Å². The topological polar surface area (TPSA) is 240 Å². The molecule has 6 amide bonds. The van der Waals surface area contributed by atoms with E-state index in [2.05, 4.69) is 21.7 Å². The zero-order valence-electron chi connectivity index (χ0n) is 23.6. The van der Waals surface area contributed by atoms with E-state index in [1.807, 2.05) is 0 Å². The molecule has 0 spiro atoms. The highest BCUT2D eigenvalue weighted by atomic mass is 16.6. The van der Waals surface area contributed by atoms with Gasteiger partial charge in [-0.1, -0.05) is 0 Å². The smallest absolute Gasteiger partial charge is 0.268 e. The van der Waals surface area contributed by atoms with Gasteiger partial charge in [-0.05, 0) is 66.7 Å². The SMILES string of the molecule is O=C(NNC(=O)c1ccc([N+](=O)[O-])cc1)c1ccc(N2C(=O)c3ccc(C(=O)NNC(=O)c4ccc([N+](=O)[O-])cc4)cc3C2=O)cc1. The second-order valence-electron chi connectivity index (χ2n) is 9.68. The number of rotatable bonds is 7. The second kappa shape index (κ2) is 12.7. The average Bonchev–Trinajstić information content (AvgIpc) is 3.34. The Morgan fingerprint density at radius 2 is 0.830 bits per heavy atom. The minimum atomic E-state index is -0.808. The average molecular weight is 638 g/mol. The molecule has 17 heteroatoms. The van der Waals surface area contributed by atoms with Crippen LogP contribution >= 0.6 is 0 Å². The Morgan fingerprint density at radius 3 is 1.23 bits per heavy atom. The van der Waals surface area contributed by atoms with Crippen LogP contribution in [0, 0.1) is 20.2 Å². The number of carbonyl (C=O) groups is 6. The van der Waals surface area contributed by atoms with E-state index in [4.69, 9.17) is 0 Å². The van der Waals surface area contributed by atoms with Gasteiger partial charge in [0.1, 0.15) is 0 Å². The molecule has 1 aliphatic rings. The summed E-state index contributed by atoms with van der Waals surface area (Å²) >= 11 is 0. The van der Waals surface area contributed by atoms with Crippen LogP contribution in [-0.2, 0) is 0 Å². The Kier molecular flexibility index (Phi) is 8.44. The van der Waals surface area contributed by atoms with Crippen LogP contribution in [0.4, 0.5) is 17.1 Å². The Bertz CT molecular complexity index is 1990. The van der Waals surface area contributed by atoms with E-state index in [-0.39, 0.29) is 50.4 Å². The molecule has 47 heavy (non-hydrogen) atoms. The molecule has 4 N–H and O–H groups in total. The van der Waals surface area contributed by atoms with Gasteiger partial charge in [-0.25, -0.2) is 4.90 Å². The van der Waals surface area contributed by atoms with E-state index in [1.54, 1.807) is 0 Å². The summed E-state index contributed by atoms with van der Waals surface area (Å²) in [5.41, 5.74) is 8.43. The van der Waals surface area contributed by atoms with Crippen molar-refractivity contribution in [1.29, 1.82) is 0 Å². The van der Waals surface area contributed by atoms with Gasteiger partial charge in [-0.3, -0.25) is 70.7 Å². The number of hydrazine groups is 2. The minimum absolute atomic E-state index is 0.0113. The summed E-state index contributed by atoms with van der Waals surface area (Å²) in [7, 11) is 0. The highest BCUT2D eigenvalue weighted by molar-refractivity contribution is 6.34. The maximum atomic E-state index is 13.2. The molecular weight excluding hydrogens is 618 g/mol. The largest absolute Gasteiger partial charge is 0.269 e. The summed E-state index contributed by atoms with van der Waals surface area (Å²) < 4.78 is 0. The zero-order chi connectivity index (χ0) is 33.8. The van der Waals surface area contributed by atoms with Crippen molar-refractivity contribution in [2.75, 3.05) is 4.90 Å². The van der Waals surface area contributed by atoms with Crippen LogP contribution in [0.1, 0.15) is 62.1 Å². The third-order valence-electron chi connectivity index (χ3n) is 6.80. The first kappa shape index (κ1) is 31.1. The summed E-state index contributed by atoms with van der Waals surface area (Å²) in [6.45, 7) is 0. The first-order chi connectivity index (χ1) is 22.4. The molecule has 17 nitrogen and oxygen atoms in total. The molecule has 0 bridgehead atoms. The molecule has 1 aliphatic heterocycles. The number of anilines is 1. The number of hydrogen-bond acceptors (Lipinski definition) is 10. The quantitative estimate of drug-likeness (QED) is 0.131. The van der Waals surface area contributed by atoms with Crippen LogP contribution in [0.15, 0.2) is 91.0 Å². The summed E-state index contributed by atoms with van der Waals surface area (Å²) in [6.07, 6.45) is 0. The molecule has 4 aromatic rings. The van der Waals surface area contributed by atoms with Crippen molar-refractivity contribution in [2.24, 2.45) is 0 Å². The summed E-state index contributed by atoms with van der Waals surface area (Å²) in [5.74, 6) is -4.45. The molecule has 0 saturated carbocycles. The van der Waals surface area contributed by atoms with Crippen LogP contribution < -0.4 is 26.6 Å². The highest BCUT2D eigenvalue weighted by Crippen LogP contribution is 2.29. The van der Waals surface area contributed by atoms with Gasteiger partial charge in [0.15, 0.2) is 0 Å². The Hall–Kier alpha value is -7.30. The number of hydrogen-bond donors (Lipinski definition) is 4. The number of nitrogens with one attached hydrogen (secondary N) is 4. The van der Waals surface area contributed by atoms with Gasteiger partial charge in [0, 0.05) is 46.5 Å². The summed E-state index contributed by atoms with van der Waals surface area (Å²) in [4.78, 5) is 97.1. The number of fused-ring (bicyclic) bond motifs is 1.